The van der Waals surface area contributed by atoms with Gasteiger partial charge in [0.25, 0.3) is 0 Å². The Balaban J connectivity index is 1.62. The van der Waals surface area contributed by atoms with Crippen molar-refractivity contribution in [2.75, 3.05) is 11.9 Å². The Labute approximate surface area is 165 Å². The number of ketones is 1. The van der Waals surface area contributed by atoms with Crippen LogP contribution in [-0.2, 0) is 14.4 Å². The van der Waals surface area contributed by atoms with Crippen LogP contribution in [0.4, 0.5) is 5.69 Å². The van der Waals surface area contributed by atoms with Crippen LogP contribution in [0, 0.1) is 11.3 Å². The molecule has 1 aliphatic carbocycles. The first-order valence-electron chi connectivity index (χ1n) is 10.1. The van der Waals surface area contributed by atoms with Crippen molar-refractivity contribution in [3.8, 4) is 0 Å². The van der Waals surface area contributed by atoms with E-state index >= 15 is 0 Å². The number of benzene rings is 1. The number of likely N-dealkylation sites (tertiary alicyclic amines) is 1. The van der Waals surface area contributed by atoms with Gasteiger partial charge in [-0.1, -0.05) is 33.1 Å². The lowest BCUT2D eigenvalue weighted by Crippen LogP contribution is -2.39. The maximum atomic E-state index is 12.8. The number of rotatable bonds is 6. The molecule has 1 saturated carbocycles. The van der Waals surface area contributed by atoms with Gasteiger partial charge in [-0.2, -0.15) is 0 Å². The quantitative estimate of drug-likeness (QED) is 0.600. The van der Waals surface area contributed by atoms with Crippen molar-refractivity contribution in [2.24, 2.45) is 11.3 Å². The standard InChI is InChI=1S/C22H28N2O4/c1-15(2)12-19(26)23-17-8-6-16(7-9-17)18(25)14-24-20(27)13-22(21(24)28)10-4-3-5-11-22/h6-9,15H,3-5,10-14H2,1-2H3,(H,23,26). The molecule has 6 heteroatoms. The smallest absolute Gasteiger partial charge is 0.236 e. The fraction of sp³-hybridized carbons (Fsp3) is 0.545. The highest BCUT2D eigenvalue weighted by atomic mass is 16.2. The molecule has 1 N–H and O–H groups in total. The van der Waals surface area contributed by atoms with E-state index in [2.05, 4.69) is 5.32 Å². The molecule has 1 saturated heterocycles. The Hall–Kier alpha value is -2.50. The number of nitrogens with zero attached hydrogens (tertiary/aromatic N) is 1. The predicted molar refractivity (Wildman–Crippen MR) is 106 cm³/mol. The van der Waals surface area contributed by atoms with Crippen LogP contribution in [0.1, 0.15) is 69.2 Å². The van der Waals surface area contributed by atoms with Gasteiger partial charge in [0.05, 0.1) is 12.0 Å². The lowest BCUT2D eigenvalue weighted by molar-refractivity contribution is -0.141. The minimum absolute atomic E-state index is 0.0693. The molecular weight excluding hydrogens is 356 g/mol. The van der Waals surface area contributed by atoms with Gasteiger partial charge < -0.3 is 5.32 Å². The van der Waals surface area contributed by atoms with Crippen LogP contribution >= 0.6 is 0 Å². The molecular formula is C22H28N2O4. The molecule has 0 unspecified atom stereocenters. The lowest BCUT2D eigenvalue weighted by atomic mass is 9.73. The third kappa shape index (κ3) is 4.32. The van der Waals surface area contributed by atoms with E-state index in [4.69, 9.17) is 0 Å². The van der Waals surface area contributed by atoms with Crippen LogP contribution in [0.3, 0.4) is 0 Å². The average Bonchev–Trinajstić information content (AvgIpc) is 2.86. The number of carbonyl (C=O) groups excluding carboxylic acids is 4. The van der Waals surface area contributed by atoms with Gasteiger partial charge in [0.2, 0.25) is 17.7 Å². The van der Waals surface area contributed by atoms with Crippen LogP contribution in [0.2, 0.25) is 0 Å². The first kappa shape index (κ1) is 20.2. The van der Waals surface area contributed by atoms with Crippen molar-refractivity contribution >= 4 is 29.2 Å². The second-order valence-electron chi connectivity index (χ2n) is 8.45. The normalized spacial score (nSPS) is 18.8. The summed E-state index contributed by atoms with van der Waals surface area (Å²) < 4.78 is 0. The third-order valence-corrected chi connectivity index (χ3v) is 5.69. The van der Waals surface area contributed by atoms with E-state index in [9.17, 15) is 19.2 Å². The van der Waals surface area contributed by atoms with Crippen molar-refractivity contribution in [1.82, 2.24) is 4.90 Å². The summed E-state index contributed by atoms with van der Waals surface area (Å²) in [5.74, 6) is -0.487. The van der Waals surface area contributed by atoms with Crippen LogP contribution in [0.25, 0.3) is 0 Å². The van der Waals surface area contributed by atoms with E-state index in [0.717, 1.165) is 37.0 Å². The number of carbonyl (C=O) groups is 4. The Morgan fingerprint density at radius 2 is 1.71 bits per heavy atom. The van der Waals surface area contributed by atoms with Gasteiger partial charge in [-0.3, -0.25) is 24.1 Å². The maximum absolute atomic E-state index is 12.8. The molecule has 1 aromatic carbocycles. The van der Waals surface area contributed by atoms with Gasteiger partial charge in [0, 0.05) is 24.1 Å². The average molecular weight is 384 g/mol. The van der Waals surface area contributed by atoms with Crippen LogP contribution in [0.15, 0.2) is 24.3 Å². The molecule has 150 valence electrons. The highest BCUT2D eigenvalue weighted by molar-refractivity contribution is 6.10. The minimum Gasteiger partial charge on any atom is -0.326 e. The minimum atomic E-state index is -0.569. The van der Waals surface area contributed by atoms with E-state index in [0.29, 0.717) is 17.7 Å². The van der Waals surface area contributed by atoms with Crippen molar-refractivity contribution < 1.29 is 19.2 Å². The van der Waals surface area contributed by atoms with Gasteiger partial charge in [-0.25, -0.2) is 0 Å². The summed E-state index contributed by atoms with van der Waals surface area (Å²) in [6, 6.07) is 6.58. The molecule has 2 fully saturated rings. The predicted octanol–water partition coefficient (Wildman–Crippen LogP) is 3.56. The molecule has 0 aromatic heterocycles. The van der Waals surface area contributed by atoms with Gasteiger partial charge in [0.15, 0.2) is 5.78 Å². The number of nitrogens with one attached hydrogen (secondary N) is 1. The zero-order valence-corrected chi connectivity index (χ0v) is 16.6. The number of Topliss-reactive ketones (excluding diaryl/α,β-unsaturated/α-hetero) is 1. The molecule has 0 atom stereocenters. The lowest BCUT2D eigenvalue weighted by Gasteiger charge is -2.30. The molecule has 1 aromatic rings. The van der Waals surface area contributed by atoms with Gasteiger partial charge in [0.1, 0.15) is 0 Å². The number of anilines is 1. The maximum Gasteiger partial charge on any atom is 0.236 e. The van der Waals surface area contributed by atoms with Crippen LogP contribution in [-0.4, -0.2) is 34.9 Å². The van der Waals surface area contributed by atoms with E-state index in [1.54, 1.807) is 24.3 Å². The van der Waals surface area contributed by atoms with Gasteiger partial charge in [-0.15, -0.1) is 0 Å². The van der Waals surface area contributed by atoms with E-state index in [1.165, 1.54) is 0 Å². The molecule has 28 heavy (non-hydrogen) atoms. The first-order chi connectivity index (χ1) is 13.3. The van der Waals surface area contributed by atoms with Crippen molar-refractivity contribution in [2.45, 2.75) is 58.8 Å². The summed E-state index contributed by atoms with van der Waals surface area (Å²) >= 11 is 0. The largest absolute Gasteiger partial charge is 0.326 e. The molecule has 1 aliphatic heterocycles. The Morgan fingerprint density at radius 1 is 1.07 bits per heavy atom. The molecule has 2 aliphatic rings. The molecule has 0 bridgehead atoms. The van der Waals surface area contributed by atoms with Crippen LogP contribution in [0.5, 0.6) is 0 Å². The molecule has 0 radical (unpaired) electrons. The molecule has 1 heterocycles. The highest BCUT2D eigenvalue weighted by Crippen LogP contribution is 2.45. The van der Waals surface area contributed by atoms with Crippen molar-refractivity contribution in [3.05, 3.63) is 29.8 Å². The second-order valence-corrected chi connectivity index (χ2v) is 8.45. The van der Waals surface area contributed by atoms with E-state index in [-0.39, 0.29) is 42.4 Å². The molecule has 1 spiro atoms. The summed E-state index contributed by atoms with van der Waals surface area (Å²) in [6.45, 7) is 3.73. The van der Waals surface area contributed by atoms with Crippen molar-refractivity contribution in [3.63, 3.8) is 0 Å². The highest BCUT2D eigenvalue weighted by Gasteiger charge is 2.51. The molecule has 3 amide bonds. The van der Waals surface area contributed by atoms with Gasteiger partial charge in [-0.05, 0) is 43.0 Å². The fourth-order valence-electron chi connectivity index (χ4n) is 4.20. The number of hydrogen-bond acceptors (Lipinski definition) is 4. The molecule has 3 rings (SSSR count). The van der Waals surface area contributed by atoms with E-state index < -0.39 is 5.41 Å². The zero-order valence-electron chi connectivity index (χ0n) is 16.6. The van der Waals surface area contributed by atoms with Gasteiger partial charge >= 0.3 is 0 Å². The zero-order chi connectivity index (χ0) is 20.3. The SMILES string of the molecule is CC(C)CC(=O)Nc1ccc(C(=O)CN2C(=O)CC3(CCCCC3)C2=O)cc1. The monoisotopic (exact) mass is 384 g/mol. The Kier molecular flexibility index (Phi) is 5.96. The fourth-order valence-corrected chi connectivity index (χ4v) is 4.20. The third-order valence-electron chi connectivity index (χ3n) is 5.69. The summed E-state index contributed by atoms with van der Waals surface area (Å²) in [6.07, 6.45) is 5.18. The summed E-state index contributed by atoms with van der Waals surface area (Å²) in [4.78, 5) is 50.8. The second kappa shape index (κ2) is 8.25. The topological polar surface area (TPSA) is 83.6 Å². The summed E-state index contributed by atoms with van der Waals surface area (Å²) in [7, 11) is 0. The van der Waals surface area contributed by atoms with E-state index in [1.807, 2.05) is 13.8 Å². The van der Waals surface area contributed by atoms with Crippen LogP contribution < -0.4 is 5.32 Å². The number of amides is 3. The van der Waals surface area contributed by atoms with Crippen molar-refractivity contribution in [1.29, 1.82) is 0 Å². The first-order valence-corrected chi connectivity index (χ1v) is 10.1. The number of hydrogen-bond donors (Lipinski definition) is 1. The Bertz CT molecular complexity index is 776. The summed E-state index contributed by atoms with van der Waals surface area (Å²) in [5, 5.41) is 2.80. The number of imide groups is 1. The summed E-state index contributed by atoms with van der Waals surface area (Å²) in [5.41, 5.74) is 0.476. The Morgan fingerprint density at radius 3 is 2.32 bits per heavy atom. The molecule has 6 nitrogen and oxygen atoms in total.